The molecule has 1 rings (SSSR count). The van der Waals surface area contributed by atoms with Gasteiger partial charge in [0.1, 0.15) is 19.2 Å². The Hall–Kier alpha value is -1.43. The minimum absolute atomic E-state index is 0.0869. The zero-order valence-corrected chi connectivity index (χ0v) is 10.4. The number of nitrogens with zero attached hydrogens (tertiary/aromatic N) is 3. The van der Waals surface area contributed by atoms with E-state index in [4.69, 9.17) is 0 Å². The molecule has 2 N–H and O–H groups in total. The number of hydrogen-bond acceptors (Lipinski definition) is 4. The van der Waals surface area contributed by atoms with Crippen molar-refractivity contribution in [2.45, 2.75) is 33.2 Å². The predicted octanol–water partition coefficient (Wildman–Crippen LogP) is 0.193. The van der Waals surface area contributed by atoms with Crippen molar-refractivity contribution in [3.63, 3.8) is 0 Å². The van der Waals surface area contributed by atoms with Gasteiger partial charge in [0.2, 0.25) is 5.91 Å². The number of rotatable bonds is 7. The molecule has 0 spiro atoms. The van der Waals surface area contributed by atoms with Gasteiger partial charge < -0.3 is 10.4 Å². The van der Waals surface area contributed by atoms with Crippen LogP contribution in [0.3, 0.4) is 0 Å². The van der Waals surface area contributed by atoms with Gasteiger partial charge in [0.05, 0.1) is 6.61 Å². The Labute approximate surface area is 101 Å². The van der Waals surface area contributed by atoms with Gasteiger partial charge in [-0.3, -0.25) is 4.79 Å². The molecule has 6 nitrogen and oxygen atoms in total. The minimum Gasteiger partial charge on any atom is -0.396 e. The van der Waals surface area contributed by atoms with Gasteiger partial charge in [-0.1, -0.05) is 13.8 Å². The van der Waals surface area contributed by atoms with Crippen molar-refractivity contribution in [3.05, 3.63) is 12.7 Å². The normalized spacial score (nSPS) is 11.5. The first-order valence-corrected chi connectivity index (χ1v) is 5.85. The molecule has 0 aliphatic carbocycles. The summed E-state index contributed by atoms with van der Waals surface area (Å²) in [5.74, 6) is -0.116. The third-order valence-electron chi connectivity index (χ3n) is 3.27. The Morgan fingerprint density at radius 1 is 1.47 bits per heavy atom. The van der Waals surface area contributed by atoms with Crippen LogP contribution < -0.4 is 5.32 Å². The van der Waals surface area contributed by atoms with Gasteiger partial charge in [-0.05, 0) is 12.8 Å². The molecule has 0 bridgehead atoms. The topological polar surface area (TPSA) is 80.0 Å². The summed E-state index contributed by atoms with van der Waals surface area (Å²) in [5.41, 5.74) is -0.210. The fourth-order valence-corrected chi connectivity index (χ4v) is 1.58. The molecule has 0 unspecified atom stereocenters. The first-order valence-electron chi connectivity index (χ1n) is 5.85. The maximum atomic E-state index is 11.6. The smallest absolute Gasteiger partial charge is 0.241 e. The molecular formula is C11H20N4O2. The van der Waals surface area contributed by atoms with E-state index in [0.29, 0.717) is 6.54 Å². The van der Waals surface area contributed by atoms with E-state index < -0.39 is 0 Å². The van der Waals surface area contributed by atoms with Crippen molar-refractivity contribution in [1.29, 1.82) is 0 Å². The molecule has 0 radical (unpaired) electrons. The molecule has 0 atom stereocenters. The lowest BCUT2D eigenvalue weighted by molar-refractivity contribution is -0.122. The van der Waals surface area contributed by atoms with Crippen LogP contribution in [0.5, 0.6) is 0 Å². The maximum Gasteiger partial charge on any atom is 0.241 e. The maximum absolute atomic E-state index is 11.6. The van der Waals surface area contributed by atoms with Gasteiger partial charge in [0.25, 0.3) is 0 Å². The van der Waals surface area contributed by atoms with Crippen LogP contribution in [0, 0.1) is 5.41 Å². The molecule has 1 heterocycles. The molecule has 0 fully saturated rings. The zero-order chi connectivity index (χ0) is 12.7. The molecule has 0 saturated carbocycles. The summed E-state index contributed by atoms with van der Waals surface area (Å²) >= 11 is 0. The van der Waals surface area contributed by atoms with Crippen LogP contribution in [-0.4, -0.2) is 38.9 Å². The summed E-state index contributed by atoms with van der Waals surface area (Å²) in [6.07, 6.45) is 4.56. The quantitative estimate of drug-likeness (QED) is 0.713. The highest BCUT2D eigenvalue weighted by molar-refractivity contribution is 5.75. The first kappa shape index (κ1) is 13.6. The Bertz CT molecular complexity index is 325. The summed E-state index contributed by atoms with van der Waals surface area (Å²) < 4.78 is 1.47. The van der Waals surface area contributed by atoms with E-state index in [1.165, 1.54) is 17.3 Å². The predicted molar refractivity (Wildman–Crippen MR) is 63.1 cm³/mol. The van der Waals surface area contributed by atoms with E-state index >= 15 is 0 Å². The van der Waals surface area contributed by atoms with Gasteiger partial charge in [-0.25, -0.2) is 9.67 Å². The number of aliphatic hydroxyl groups is 1. The van der Waals surface area contributed by atoms with Crippen LogP contribution in [0.1, 0.15) is 26.7 Å². The molecule has 6 heteroatoms. The summed E-state index contributed by atoms with van der Waals surface area (Å²) in [4.78, 5) is 15.4. The number of carbonyl (C=O) groups is 1. The number of hydrogen-bond donors (Lipinski definition) is 2. The van der Waals surface area contributed by atoms with E-state index in [0.717, 1.165) is 12.8 Å². The van der Waals surface area contributed by atoms with Gasteiger partial charge in [0, 0.05) is 12.0 Å². The lowest BCUT2D eigenvalue weighted by Crippen LogP contribution is -2.40. The van der Waals surface area contributed by atoms with Gasteiger partial charge in [-0.15, -0.1) is 0 Å². The van der Waals surface area contributed by atoms with Crippen LogP contribution in [0.25, 0.3) is 0 Å². The Balaban J connectivity index is 2.41. The highest BCUT2D eigenvalue weighted by atomic mass is 16.3. The second-order valence-electron chi connectivity index (χ2n) is 4.24. The van der Waals surface area contributed by atoms with Gasteiger partial charge in [0.15, 0.2) is 0 Å². The summed E-state index contributed by atoms with van der Waals surface area (Å²) in [6, 6.07) is 0. The second kappa shape index (κ2) is 6.34. The van der Waals surface area contributed by atoms with E-state index in [1.807, 2.05) is 13.8 Å². The summed E-state index contributed by atoms with van der Waals surface area (Å²) in [6.45, 7) is 4.77. The highest BCUT2D eigenvalue weighted by Crippen LogP contribution is 2.24. The van der Waals surface area contributed by atoms with Crippen molar-refractivity contribution >= 4 is 5.91 Å². The molecule has 0 aliphatic heterocycles. The molecule has 17 heavy (non-hydrogen) atoms. The molecule has 1 aromatic rings. The van der Waals surface area contributed by atoms with Crippen molar-refractivity contribution in [3.8, 4) is 0 Å². The molecule has 1 aromatic heterocycles. The number of carbonyl (C=O) groups excluding carboxylic acids is 1. The van der Waals surface area contributed by atoms with Gasteiger partial charge >= 0.3 is 0 Å². The lowest BCUT2D eigenvalue weighted by atomic mass is 9.83. The largest absolute Gasteiger partial charge is 0.396 e. The van der Waals surface area contributed by atoms with Crippen LogP contribution in [0.4, 0.5) is 0 Å². The summed E-state index contributed by atoms with van der Waals surface area (Å²) in [5, 5.41) is 16.1. The van der Waals surface area contributed by atoms with Crippen molar-refractivity contribution in [1.82, 2.24) is 20.1 Å². The Kier molecular flexibility index (Phi) is 5.09. The monoisotopic (exact) mass is 240 g/mol. The molecule has 1 amide bonds. The molecule has 0 aromatic carbocycles. The van der Waals surface area contributed by atoms with Crippen molar-refractivity contribution in [2.24, 2.45) is 5.41 Å². The SMILES string of the molecule is CCC(CC)(CO)CNC(=O)Cn1cncn1. The van der Waals surface area contributed by atoms with E-state index in [1.54, 1.807) is 0 Å². The van der Waals surface area contributed by atoms with Gasteiger partial charge in [-0.2, -0.15) is 5.10 Å². The minimum atomic E-state index is -0.210. The number of aromatic nitrogens is 3. The van der Waals surface area contributed by atoms with E-state index in [9.17, 15) is 9.90 Å². The standard InChI is InChI=1S/C11H20N4O2/c1-3-11(4-2,7-16)6-13-10(17)5-15-9-12-8-14-15/h8-9,16H,3-7H2,1-2H3,(H,13,17). The van der Waals surface area contributed by atoms with Crippen LogP contribution in [0.2, 0.25) is 0 Å². The highest BCUT2D eigenvalue weighted by Gasteiger charge is 2.25. The fraction of sp³-hybridized carbons (Fsp3) is 0.727. The Morgan fingerprint density at radius 2 is 2.18 bits per heavy atom. The fourth-order valence-electron chi connectivity index (χ4n) is 1.58. The second-order valence-corrected chi connectivity index (χ2v) is 4.24. The average molecular weight is 240 g/mol. The van der Waals surface area contributed by atoms with Crippen molar-refractivity contribution < 1.29 is 9.90 Å². The third-order valence-corrected chi connectivity index (χ3v) is 3.27. The first-order chi connectivity index (χ1) is 8.15. The molecule has 96 valence electrons. The number of amides is 1. The van der Waals surface area contributed by atoms with Crippen LogP contribution >= 0.6 is 0 Å². The van der Waals surface area contributed by atoms with E-state index in [2.05, 4.69) is 15.4 Å². The van der Waals surface area contributed by atoms with Crippen LogP contribution in [-0.2, 0) is 11.3 Å². The summed E-state index contributed by atoms with van der Waals surface area (Å²) in [7, 11) is 0. The third kappa shape index (κ3) is 3.81. The van der Waals surface area contributed by atoms with Crippen molar-refractivity contribution in [2.75, 3.05) is 13.2 Å². The number of aliphatic hydroxyl groups excluding tert-OH is 1. The van der Waals surface area contributed by atoms with Crippen LogP contribution in [0.15, 0.2) is 12.7 Å². The molecule has 0 saturated heterocycles. The molecule has 0 aliphatic rings. The number of nitrogens with one attached hydrogen (secondary N) is 1. The van der Waals surface area contributed by atoms with E-state index in [-0.39, 0.29) is 24.5 Å². The average Bonchev–Trinajstić information content (AvgIpc) is 2.84. The lowest BCUT2D eigenvalue weighted by Gasteiger charge is -2.29. The Morgan fingerprint density at radius 3 is 2.65 bits per heavy atom. The zero-order valence-electron chi connectivity index (χ0n) is 10.4. The molecular weight excluding hydrogens is 220 g/mol.